The summed E-state index contributed by atoms with van der Waals surface area (Å²) in [6.07, 6.45) is 19.6. The van der Waals surface area contributed by atoms with Crippen LogP contribution < -0.4 is 39.1 Å². The molecule has 3 aromatic heterocycles. The van der Waals surface area contributed by atoms with E-state index in [0.717, 1.165) is 101 Å². The van der Waals surface area contributed by atoms with Gasteiger partial charge in [-0.25, -0.2) is 0 Å². The van der Waals surface area contributed by atoms with Gasteiger partial charge in [-0.3, -0.25) is 0 Å². The van der Waals surface area contributed by atoms with Gasteiger partial charge in [0.25, 0.3) is 0 Å². The van der Waals surface area contributed by atoms with Gasteiger partial charge in [-0.1, -0.05) is 91.3 Å². The summed E-state index contributed by atoms with van der Waals surface area (Å²) in [5.74, 6) is 0. The van der Waals surface area contributed by atoms with Gasteiger partial charge < -0.3 is 40.9 Å². The number of aliphatic imine (C=N–C) groups is 1. The van der Waals surface area contributed by atoms with E-state index >= 15 is 0 Å². The Morgan fingerprint density at radius 1 is 0.593 bits per heavy atom. The van der Waals surface area contributed by atoms with Gasteiger partial charge in [0.2, 0.25) is 0 Å². The zero-order chi connectivity index (χ0) is 40.5. The molecule has 3 unspecified atom stereocenters. The molecule has 4 aliphatic rings. The number of aromatic nitrogens is 3. The summed E-state index contributed by atoms with van der Waals surface area (Å²) in [6.45, 7) is 26.8. The van der Waals surface area contributed by atoms with Crippen molar-refractivity contribution in [3.63, 3.8) is 0 Å². The van der Waals surface area contributed by atoms with Crippen molar-refractivity contribution >= 4 is 25.1 Å². The first-order valence-electron chi connectivity index (χ1n) is 22.8. The Kier molecular flexibility index (Phi) is 22.7. The van der Waals surface area contributed by atoms with Crippen LogP contribution in [-0.2, 0) is 57.3 Å². The van der Waals surface area contributed by atoms with E-state index in [1.807, 2.05) is 0 Å². The maximum Gasteiger partial charge on any atom is 4.00 e. The molecule has 3 saturated heterocycles. The number of hydrogen-bond acceptors (Lipinski definition) is 4. The van der Waals surface area contributed by atoms with Crippen LogP contribution in [0.3, 0.4) is 0 Å². The predicted octanol–water partition coefficient (Wildman–Crippen LogP) is 7.35. The van der Waals surface area contributed by atoms with Crippen LogP contribution in [-0.4, -0.2) is 69.1 Å². The molecular formula is C49H77Li2N5O2Zr+. The molecule has 0 aliphatic carbocycles. The summed E-state index contributed by atoms with van der Waals surface area (Å²) in [5, 5.41) is 4.28. The SMILES string of the molecule is C1CCOC1.C1CCOC1.CCC1(CC)c2ccc([n-]2)C(CC)(CC[C-]=NC(C)(C)C)c2ccc([n-]2)C(CC)(CC)C2CCC(N2)C(CC)(CC)c2ccc1[n-]2.[Li+].[Li].[Zr+4]. The average Bonchev–Trinajstić information content (AvgIpc) is 4.06. The molecule has 8 bridgehead atoms. The first kappa shape index (κ1) is 54.6. The Bertz CT molecular complexity index is 1610. The summed E-state index contributed by atoms with van der Waals surface area (Å²) in [6, 6.07) is 14.8. The third-order valence-corrected chi connectivity index (χ3v) is 14.4. The standard InChI is InChI=1S/C41H61N5.2C4H8O.2Li.Zr/c1-11-38(12-2)29-19-21-31(43-29)39(13-3,14-4)33-23-25-35(45-33)41(17-7,27-18-28-42-37(8,9)10)36-26-24-34(46-36)40(15-5,16-6)32-22-20-30(38)44-32;2*1-2-4-5-3-1;;;/h19,21,23-26,30,32,44H,11-18,20,22,27H2,1-10H3;2*1-4H2;;;/q-4;;;;+1;+4. The van der Waals surface area contributed by atoms with Gasteiger partial charge in [-0.2, -0.15) is 40.6 Å². The summed E-state index contributed by atoms with van der Waals surface area (Å²) in [5.41, 5.74) is 6.44. The van der Waals surface area contributed by atoms with Crippen molar-refractivity contribution in [2.24, 2.45) is 4.99 Å². The third kappa shape index (κ3) is 11.6. The van der Waals surface area contributed by atoms with Crippen molar-refractivity contribution < 1.29 is 54.5 Å². The number of ether oxygens (including phenoxy) is 2. The summed E-state index contributed by atoms with van der Waals surface area (Å²) >= 11 is 0. The van der Waals surface area contributed by atoms with E-state index in [0.29, 0.717) is 12.1 Å². The van der Waals surface area contributed by atoms with Crippen LogP contribution in [0.1, 0.15) is 200 Å². The van der Waals surface area contributed by atoms with Gasteiger partial charge in [-0.05, 0) is 126 Å². The molecule has 7 nitrogen and oxygen atoms in total. The van der Waals surface area contributed by atoms with Crippen LogP contribution in [0.25, 0.3) is 0 Å². The molecule has 7 heterocycles. The maximum atomic E-state index is 5.65. The van der Waals surface area contributed by atoms with Gasteiger partial charge in [-0.15, -0.1) is 0 Å². The molecule has 315 valence electrons. The van der Waals surface area contributed by atoms with Crippen molar-refractivity contribution in [1.82, 2.24) is 20.3 Å². The molecule has 10 heteroatoms. The smallest absolute Gasteiger partial charge is 0.664 e. The van der Waals surface area contributed by atoms with Crippen molar-refractivity contribution in [1.29, 1.82) is 0 Å². The zero-order valence-electron chi connectivity index (χ0n) is 39.7. The predicted molar refractivity (Wildman–Crippen MR) is 238 cm³/mol. The number of hydrogen-bond donors (Lipinski definition) is 1. The normalized spacial score (nSPS) is 23.8. The second kappa shape index (κ2) is 24.5. The van der Waals surface area contributed by atoms with Crippen molar-refractivity contribution in [3.8, 4) is 0 Å². The van der Waals surface area contributed by atoms with Crippen LogP contribution in [0.4, 0.5) is 0 Å². The molecule has 59 heavy (non-hydrogen) atoms. The zero-order valence-corrected chi connectivity index (χ0v) is 42.1. The second-order valence-corrected chi connectivity index (χ2v) is 18.0. The van der Waals surface area contributed by atoms with Gasteiger partial charge in [0.15, 0.2) is 0 Å². The quantitative estimate of drug-likeness (QED) is 0.130. The molecule has 3 atom stereocenters. The van der Waals surface area contributed by atoms with Gasteiger partial charge in [0.05, 0.1) is 0 Å². The van der Waals surface area contributed by atoms with E-state index in [4.69, 9.17) is 29.4 Å². The first-order chi connectivity index (χ1) is 27.0. The van der Waals surface area contributed by atoms with E-state index in [1.165, 1.54) is 55.6 Å². The van der Waals surface area contributed by atoms with Crippen LogP contribution in [0, 0.1) is 0 Å². The largest absolute Gasteiger partial charge is 4.00 e. The van der Waals surface area contributed by atoms with Gasteiger partial charge in [0, 0.05) is 62.9 Å². The topological polar surface area (TPSA) is 85.2 Å². The van der Waals surface area contributed by atoms with Crippen LogP contribution in [0.5, 0.6) is 0 Å². The molecule has 0 spiro atoms. The molecule has 0 saturated carbocycles. The number of fused-ring (bicyclic) bond motifs is 8. The monoisotopic (exact) mass is 872 g/mol. The molecule has 4 aliphatic heterocycles. The van der Waals surface area contributed by atoms with E-state index in [1.54, 1.807) is 0 Å². The summed E-state index contributed by atoms with van der Waals surface area (Å²) < 4.78 is 9.89. The third-order valence-electron chi connectivity index (χ3n) is 14.4. The second-order valence-electron chi connectivity index (χ2n) is 18.0. The number of nitrogens with zero attached hydrogens (tertiary/aromatic N) is 4. The Hall–Kier alpha value is -0.532. The van der Waals surface area contributed by atoms with E-state index in [9.17, 15) is 0 Å². The molecule has 7 rings (SSSR count). The van der Waals surface area contributed by atoms with Crippen molar-refractivity contribution in [3.05, 3.63) is 70.6 Å². The summed E-state index contributed by atoms with van der Waals surface area (Å²) in [4.78, 5) is 21.6. The Morgan fingerprint density at radius 2 is 0.932 bits per heavy atom. The van der Waals surface area contributed by atoms with E-state index < -0.39 is 0 Å². The van der Waals surface area contributed by atoms with Crippen molar-refractivity contribution in [2.45, 2.75) is 205 Å². The molecule has 3 aromatic rings. The molecule has 0 amide bonds. The fourth-order valence-electron chi connectivity index (χ4n) is 10.5. The van der Waals surface area contributed by atoms with Crippen LogP contribution in [0.15, 0.2) is 41.4 Å². The molecule has 1 N–H and O–H groups in total. The molecule has 3 fully saturated rings. The number of rotatable bonds is 10. The minimum Gasteiger partial charge on any atom is -0.664 e. The average molecular weight is 873 g/mol. The molecular weight excluding hydrogens is 796 g/mol. The van der Waals surface area contributed by atoms with E-state index in [-0.39, 0.29) is 91.1 Å². The minimum absolute atomic E-state index is 0. The molecule has 0 aromatic carbocycles. The van der Waals surface area contributed by atoms with Crippen LogP contribution in [0.2, 0.25) is 0 Å². The minimum atomic E-state index is -0.315. The van der Waals surface area contributed by atoms with E-state index in [2.05, 4.69) is 117 Å². The van der Waals surface area contributed by atoms with Gasteiger partial charge in [0.1, 0.15) is 0 Å². The Labute approximate surface area is 403 Å². The van der Waals surface area contributed by atoms with Crippen LogP contribution >= 0.6 is 0 Å². The first-order valence-corrected chi connectivity index (χ1v) is 22.8. The summed E-state index contributed by atoms with van der Waals surface area (Å²) in [7, 11) is 0. The fourth-order valence-corrected chi connectivity index (χ4v) is 10.5. The Balaban J connectivity index is 0.000000806. The van der Waals surface area contributed by atoms with Crippen molar-refractivity contribution in [2.75, 3.05) is 26.4 Å². The maximum absolute atomic E-state index is 5.65. The molecule has 1 radical (unpaired) electrons. The number of nitrogens with one attached hydrogen (secondary N) is 1. The van der Waals surface area contributed by atoms with Gasteiger partial charge >= 0.3 is 45.1 Å². The Morgan fingerprint density at radius 3 is 1.24 bits per heavy atom. The fraction of sp³-hybridized carbons (Fsp3) is 0.735.